The van der Waals surface area contributed by atoms with Gasteiger partial charge in [0.15, 0.2) is 17.5 Å². The van der Waals surface area contributed by atoms with E-state index in [1.807, 2.05) is 18.2 Å². The molecule has 1 aromatic heterocycles. The number of fused-ring (bicyclic) bond motifs is 1. The molecule has 0 saturated heterocycles. The Morgan fingerprint density at radius 3 is 2.76 bits per heavy atom. The second-order valence-corrected chi connectivity index (χ2v) is 6.07. The van der Waals surface area contributed by atoms with Crippen molar-refractivity contribution in [3.63, 3.8) is 0 Å². The van der Waals surface area contributed by atoms with Crippen molar-refractivity contribution < 1.29 is 27.4 Å². The summed E-state index contributed by atoms with van der Waals surface area (Å²) in [5.41, 5.74) is 0.182. The summed E-state index contributed by atoms with van der Waals surface area (Å²) >= 11 is 0. The molecule has 3 rings (SSSR count). The van der Waals surface area contributed by atoms with E-state index in [2.05, 4.69) is 20.6 Å². The first-order valence-corrected chi connectivity index (χ1v) is 8.95. The van der Waals surface area contributed by atoms with Crippen LogP contribution in [0.5, 0.6) is 17.4 Å². The summed E-state index contributed by atoms with van der Waals surface area (Å²) in [6, 6.07) is 7.92. The van der Waals surface area contributed by atoms with E-state index in [0.717, 1.165) is 29.5 Å². The standard InChI is InChI=1S/C19H21F3N4O3/c1-23-18(25-8-6-13-4-5-15-16(11-13)29-12-28-15)26-9-10-27-17-14(19(20,21)22)3-2-7-24-17/h2-5,7,11H,6,8-10,12H2,1H3,(H2,23,25,26). The minimum Gasteiger partial charge on any atom is -0.475 e. The molecule has 0 amide bonds. The highest BCUT2D eigenvalue weighted by Crippen LogP contribution is 2.34. The lowest BCUT2D eigenvalue weighted by Gasteiger charge is -2.14. The van der Waals surface area contributed by atoms with E-state index < -0.39 is 17.6 Å². The predicted octanol–water partition coefficient (Wildman–Crippen LogP) is 2.62. The summed E-state index contributed by atoms with van der Waals surface area (Å²) < 4.78 is 54.5. The highest BCUT2D eigenvalue weighted by atomic mass is 19.4. The molecule has 0 bridgehead atoms. The van der Waals surface area contributed by atoms with Crippen LogP contribution in [0.4, 0.5) is 13.2 Å². The van der Waals surface area contributed by atoms with E-state index in [4.69, 9.17) is 14.2 Å². The Kier molecular flexibility index (Phi) is 6.63. The fourth-order valence-corrected chi connectivity index (χ4v) is 2.68. The van der Waals surface area contributed by atoms with E-state index in [0.29, 0.717) is 12.5 Å². The molecule has 1 aliphatic heterocycles. The number of aromatic nitrogens is 1. The van der Waals surface area contributed by atoms with Crippen LogP contribution in [0.15, 0.2) is 41.5 Å². The van der Waals surface area contributed by atoms with Crippen LogP contribution >= 0.6 is 0 Å². The third kappa shape index (κ3) is 5.66. The lowest BCUT2D eigenvalue weighted by molar-refractivity contribution is -0.139. The van der Waals surface area contributed by atoms with Gasteiger partial charge in [-0.25, -0.2) is 4.98 Å². The van der Waals surface area contributed by atoms with Crippen molar-refractivity contribution >= 4 is 5.96 Å². The minimum atomic E-state index is -4.51. The highest BCUT2D eigenvalue weighted by molar-refractivity contribution is 5.79. The van der Waals surface area contributed by atoms with Gasteiger partial charge in [0.2, 0.25) is 12.7 Å². The normalized spacial score (nSPS) is 13.3. The van der Waals surface area contributed by atoms with Crippen LogP contribution in [0.3, 0.4) is 0 Å². The fraction of sp³-hybridized carbons (Fsp3) is 0.368. The molecule has 2 aromatic rings. The molecule has 2 heterocycles. The number of hydrogen-bond acceptors (Lipinski definition) is 5. The molecule has 0 fully saturated rings. The van der Waals surface area contributed by atoms with Crippen LogP contribution in [-0.4, -0.2) is 44.5 Å². The first-order chi connectivity index (χ1) is 14.0. The van der Waals surface area contributed by atoms with Crippen LogP contribution < -0.4 is 24.8 Å². The zero-order chi connectivity index (χ0) is 20.7. The van der Waals surface area contributed by atoms with Crippen LogP contribution in [0.2, 0.25) is 0 Å². The van der Waals surface area contributed by atoms with Gasteiger partial charge in [0, 0.05) is 19.8 Å². The summed E-state index contributed by atoms with van der Waals surface area (Å²) in [7, 11) is 1.61. The van der Waals surface area contributed by atoms with Crippen LogP contribution in [0.1, 0.15) is 11.1 Å². The number of nitrogens with one attached hydrogen (secondary N) is 2. The Hall–Kier alpha value is -3.17. The number of rotatable bonds is 7. The van der Waals surface area contributed by atoms with Gasteiger partial charge in [0.1, 0.15) is 12.2 Å². The number of pyridine rings is 1. The molecule has 0 unspecified atom stereocenters. The molecule has 0 atom stereocenters. The van der Waals surface area contributed by atoms with Gasteiger partial charge in [0.25, 0.3) is 0 Å². The maximum absolute atomic E-state index is 12.9. The van der Waals surface area contributed by atoms with Crippen molar-refractivity contribution in [2.75, 3.05) is 33.5 Å². The molecule has 0 aliphatic carbocycles. The summed E-state index contributed by atoms with van der Waals surface area (Å²) in [5, 5.41) is 6.12. The minimum absolute atomic E-state index is 0.00293. The first-order valence-electron chi connectivity index (χ1n) is 8.95. The number of guanidine groups is 1. The molecule has 2 N–H and O–H groups in total. The maximum Gasteiger partial charge on any atom is 0.421 e. The topological polar surface area (TPSA) is 77.0 Å². The Morgan fingerprint density at radius 1 is 1.17 bits per heavy atom. The van der Waals surface area contributed by atoms with E-state index in [1.165, 1.54) is 12.3 Å². The van der Waals surface area contributed by atoms with Crippen molar-refractivity contribution in [3.05, 3.63) is 47.7 Å². The number of halogens is 3. The number of ether oxygens (including phenoxy) is 3. The van der Waals surface area contributed by atoms with E-state index in [1.54, 1.807) is 7.05 Å². The maximum atomic E-state index is 12.9. The average Bonchev–Trinajstić information content (AvgIpc) is 3.17. The third-order valence-electron chi connectivity index (χ3n) is 4.08. The van der Waals surface area contributed by atoms with Gasteiger partial charge in [-0.05, 0) is 36.2 Å². The van der Waals surface area contributed by atoms with Gasteiger partial charge in [0.05, 0.1) is 6.54 Å². The summed E-state index contributed by atoms with van der Waals surface area (Å²) in [4.78, 5) is 7.73. The molecular weight excluding hydrogens is 389 g/mol. The Labute approximate surface area is 165 Å². The quantitative estimate of drug-likeness (QED) is 0.415. The van der Waals surface area contributed by atoms with Gasteiger partial charge >= 0.3 is 6.18 Å². The van der Waals surface area contributed by atoms with Gasteiger partial charge in [-0.15, -0.1) is 0 Å². The van der Waals surface area contributed by atoms with E-state index in [-0.39, 0.29) is 19.9 Å². The SMILES string of the molecule is CN=C(NCCOc1ncccc1C(F)(F)F)NCCc1ccc2c(c1)OCO2. The Morgan fingerprint density at radius 2 is 1.97 bits per heavy atom. The van der Waals surface area contributed by atoms with Crippen molar-refractivity contribution in [1.29, 1.82) is 0 Å². The number of benzene rings is 1. The molecule has 0 radical (unpaired) electrons. The van der Waals surface area contributed by atoms with Crippen molar-refractivity contribution in [1.82, 2.24) is 15.6 Å². The predicted molar refractivity (Wildman–Crippen MR) is 100 cm³/mol. The van der Waals surface area contributed by atoms with Crippen molar-refractivity contribution in [2.45, 2.75) is 12.6 Å². The van der Waals surface area contributed by atoms with Crippen LogP contribution in [0, 0.1) is 0 Å². The van der Waals surface area contributed by atoms with E-state index >= 15 is 0 Å². The average molecular weight is 410 g/mol. The Balaban J connectivity index is 1.40. The third-order valence-corrected chi connectivity index (χ3v) is 4.08. The van der Waals surface area contributed by atoms with Gasteiger partial charge in [-0.3, -0.25) is 4.99 Å². The molecule has 1 aromatic carbocycles. The lowest BCUT2D eigenvalue weighted by atomic mass is 10.1. The second kappa shape index (κ2) is 9.35. The second-order valence-electron chi connectivity index (χ2n) is 6.07. The molecule has 0 spiro atoms. The summed E-state index contributed by atoms with van der Waals surface area (Å²) in [6.07, 6.45) is -2.52. The molecule has 0 saturated carbocycles. The van der Waals surface area contributed by atoms with Crippen molar-refractivity contribution in [3.8, 4) is 17.4 Å². The molecule has 1 aliphatic rings. The summed E-state index contributed by atoms with van der Waals surface area (Å²) in [5.74, 6) is 1.55. The monoisotopic (exact) mass is 410 g/mol. The van der Waals surface area contributed by atoms with Crippen molar-refractivity contribution in [2.24, 2.45) is 4.99 Å². The molecule has 29 heavy (non-hydrogen) atoms. The molecule has 156 valence electrons. The van der Waals surface area contributed by atoms with Gasteiger partial charge < -0.3 is 24.8 Å². The summed E-state index contributed by atoms with van der Waals surface area (Å²) in [6.45, 7) is 1.11. The zero-order valence-corrected chi connectivity index (χ0v) is 15.8. The molecule has 7 nitrogen and oxygen atoms in total. The first kappa shape index (κ1) is 20.6. The number of aliphatic imine (C=N–C) groups is 1. The number of nitrogens with zero attached hydrogens (tertiary/aromatic N) is 2. The number of hydrogen-bond donors (Lipinski definition) is 2. The number of alkyl halides is 3. The molecular formula is C19H21F3N4O3. The smallest absolute Gasteiger partial charge is 0.421 e. The van der Waals surface area contributed by atoms with Crippen LogP contribution in [0.25, 0.3) is 0 Å². The zero-order valence-electron chi connectivity index (χ0n) is 15.8. The van der Waals surface area contributed by atoms with Gasteiger partial charge in [-0.1, -0.05) is 6.07 Å². The van der Waals surface area contributed by atoms with E-state index in [9.17, 15) is 13.2 Å². The fourth-order valence-electron chi connectivity index (χ4n) is 2.68. The highest BCUT2D eigenvalue weighted by Gasteiger charge is 2.34. The largest absolute Gasteiger partial charge is 0.475 e. The van der Waals surface area contributed by atoms with Gasteiger partial charge in [-0.2, -0.15) is 13.2 Å². The Bertz CT molecular complexity index is 859. The molecule has 10 heteroatoms. The lowest BCUT2D eigenvalue weighted by Crippen LogP contribution is -2.40. The van der Waals surface area contributed by atoms with Crippen LogP contribution in [-0.2, 0) is 12.6 Å².